The fraction of sp³-hybridized carbons (Fsp3) is 0.684. The first kappa shape index (κ1) is 16.5. The maximum atomic E-state index is 13.4. The molecule has 0 spiro atoms. The number of hydrogen-bond donors (Lipinski definition) is 0. The number of nitrogens with zero attached hydrogens (tertiary/aromatic N) is 4. The number of Topliss-reactive ketones (excluding diaryl/α,β-unsaturated/α-hetero) is 1. The SMILES string of the molecule is C[C@H](Sc1nnnn1Cc1ccco1)C(=O)C12CC3CC(CC(C3)C1)C2. The van der Waals surface area contributed by atoms with Crippen LogP contribution in [0.1, 0.15) is 51.2 Å². The highest BCUT2D eigenvalue weighted by atomic mass is 32.2. The quantitative estimate of drug-likeness (QED) is 0.722. The molecule has 6 rings (SSSR count). The molecular weight excluding hydrogens is 348 g/mol. The first-order valence-corrected chi connectivity index (χ1v) is 10.5. The maximum Gasteiger partial charge on any atom is 0.210 e. The van der Waals surface area contributed by atoms with Gasteiger partial charge in [0.15, 0.2) is 5.78 Å². The lowest BCUT2D eigenvalue weighted by Crippen LogP contribution is -2.51. The van der Waals surface area contributed by atoms with Crippen LogP contribution in [0.5, 0.6) is 0 Å². The summed E-state index contributed by atoms with van der Waals surface area (Å²) >= 11 is 1.49. The van der Waals surface area contributed by atoms with Gasteiger partial charge in [0.1, 0.15) is 12.3 Å². The Bertz CT molecular complexity index is 765. The van der Waals surface area contributed by atoms with Crippen LogP contribution in [0, 0.1) is 23.2 Å². The number of tetrazole rings is 1. The Balaban J connectivity index is 1.31. The van der Waals surface area contributed by atoms with E-state index in [0.29, 0.717) is 17.5 Å². The summed E-state index contributed by atoms with van der Waals surface area (Å²) in [5.41, 5.74) is -0.0690. The Morgan fingerprint density at radius 3 is 2.62 bits per heavy atom. The van der Waals surface area contributed by atoms with E-state index in [0.717, 1.165) is 42.8 Å². The Kier molecular flexibility index (Phi) is 3.95. The topological polar surface area (TPSA) is 73.8 Å². The Labute approximate surface area is 157 Å². The van der Waals surface area contributed by atoms with Crippen LogP contribution in [-0.4, -0.2) is 31.2 Å². The molecule has 2 aromatic heterocycles. The summed E-state index contributed by atoms with van der Waals surface area (Å²) in [6.45, 7) is 2.51. The Morgan fingerprint density at radius 1 is 1.31 bits per heavy atom. The van der Waals surface area contributed by atoms with Crippen molar-refractivity contribution in [3.8, 4) is 0 Å². The van der Waals surface area contributed by atoms with Crippen molar-refractivity contribution in [2.24, 2.45) is 23.2 Å². The summed E-state index contributed by atoms with van der Waals surface area (Å²) in [4.78, 5) is 13.4. The third-order valence-corrected chi connectivity index (χ3v) is 7.67. The van der Waals surface area contributed by atoms with E-state index < -0.39 is 0 Å². The highest BCUT2D eigenvalue weighted by Gasteiger charge is 2.55. The first-order chi connectivity index (χ1) is 12.6. The van der Waals surface area contributed by atoms with Gasteiger partial charge in [-0.1, -0.05) is 11.8 Å². The maximum absolute atomic E-state index is 13.4. The monoisotopic (exact) mass is 372 g/mol. The smallest absolute Gasteiger partial charge is 0.210 e. The molecule has 7 heteroatoms. The molecule has 0 aromatic carbocycles. The molecule has 4 aliphatic carbocycles. The van der Waals surface area contributed by atoms with Gasteiger partial charge in [-0.2, -0.15) is 0 Å². The van der Waals surface area contributed by atoms with E-state index in [1.165, 1.54) is 31.0 Å². The predicted octanol–water partition coefficient (Wildman–Crippen LogP) is 3.58. The van der Waals surface area contributed by atoms with Gasteiger partial charge in [-0.3, -0.25) is 4.79 Å². The van der Waals surface area contributed by atoms with Gasteiger partial charge in [0.2, 0.25) is 5.16 Å². The molecular formula is C19H24N4O2S. The fourth-order valence-corrected chi connectivity index (χ4v) is 6.97. The molecule has 0 radical (unpaired) electrons. The van der Waals surface area contributed by atoms with Crippen LogP contribution in [0.2, 0.25) is 0 Å². The van der Waals surface area contributed by atoms with E-state index in [4.69, 9.17) is 4.42 Å². The third kappa shape index (κ3) is 2.80. The lowest BCUT2D eigenvalue weighted by Gasteiger charge is -2.56. The van der Waals surface area contributed by atoms with E-state index in [1.54, 1.807) is 10.9 Å². The summed E-state index contributed by atoms with van der Waals surface area (Å²) < 4.78 is 7.10. The minimum atomic E-state index is -0.118. The molecule has 0 N–H and O–H groups in total. The molecule has 2 aromatic rings. The van der Waals surface area contributed by atoms with Gasteiger partial charge in [-0.25, -0.2) is 4.68 Å². The number of furan rings is 1. The van der Waals surface area contributed by atoms with Gasteiger partial charge < -0.3 is 4.42 Å². The molecule has 4 fully saturated rings. The molecule has 0 saturated heterocycles. The van der Waals surface area contributed by atoms with Crippen molar-refractivity contribution in [3.05, 3.63) is 24.2 Å². The highest BCUT2D eigenvalue weighted by Crippen LogP contribution is 2.61. The lowest BCUT2D eigenvalue weighted by molar-refractivity contribution is -0.142. The fourth-order valence-electron chi connectivity index (χ4n) is 5.99. The van der Waals surface area contributed by atoms with Crippen LogP contribution in [0.15, 0.2) is 28.0 Å². The van der Waals surface area contributed by atoms with Crippen LogP contribution in [0.25, 0.3) is 0 Å². The van der Waals surface area contributed by atoms with Crippen LogP contribution < -0.4 is 0 Å². The van der Waals surface area contributed by atoms with Crippen LogP contribution in [-0.2, 0) is 11.3 Å². The van der Waals surface area contributed by atoms with Crippen molar-refractivity contribution < 1.29 is 9.21 Å². The van der Waals surface area contributed by atoms with Crippen LogP contribution in [0.3, 0.4) is 0 Å². The molecule has 0 amide bonds. The molecule has 1 atom stereocenters. The standard InChI is InChI=1S/C19H24N4O2S/c1-12(26-18-20-21-22-23(18)11-16-3-2-4-25-16)17(24)19-8-13-5-14(9-19)7-15(6-13)10-19/h2-4,12-15H,5-11H2,1H3/t12-,13?,14?,15?,19?/m0/s1. The first-order valence-electron chi connectivity index (χ1n) is 9.61. The Hall–Kier alpha value is -1.63. The normalized spacial score (nSPS) is 33.5. The zero-order valence-electron chi connectivity index (χ0n) is 15.0. The van der Waals surface area contributed by atoms with E-state index in [-0.39, 0.29) is 10.7 Å². The summed E-state index contributed by atoms with van der Waals surface area (Å²) in [5.74, 6) is 3.58. The molecule has 26 heavy (non-hydrogen) atoms. The van der Waals surface area contributed by atoms with Crippen LogP contribution >= 0.6 is 11.8 Å². The molecule has 6 nitrogen and oxygen atoms in total. The van der Waals surface area contributed by atoms with E-state index in [2.05, 4.69) is 15.5 Å². The summed E-state index contributed by atoms with van der Waals surface area (Å²) in [5, 5.41) is 12.6. The number of ketones is 1. The molecule has 4 aliphatic rings. The number of carbonyl (C=O) groups excluding carboxylic acids is 1. The third-order valence-electron chi connectivity index (χ3n) is 6.60. The van der Waals surface area contributed by atoms with Crippen molar-refractivity contribution in [3.63, 3.8) is 0 Å². The number of thioether (sulfide) groups is 1. The average Bonchev–Trinajstić information content (AvgIpc) is 3.26. The predicted molar refractivity (Wildman–Crippen MR) is 96.6 cm³/mol. The van der Waals surface area contributed by atoms with Crippen molar-refractivity contribution in [1.29, 1.82) is 0 Å². The largest absolute Gasteiger partial charge is 0.467 e. The zero-order chi connectivity index (χ0) is 17.7. The van der Waals surface area contributed by atoms with Crippen molar-refractivity contribution in [1.82, 2.24) is 20.2 Å². The van der Waals surface area contributed by atoms with Gasteiger partial charge in [0.25, 0.3) is 0 Å². The number of aromatic nitrogens is 4. The molecule has 4 saturated carbocycles. The zero-order valence-corrected chi connectivity index (χ0v) is 15.8. The molecule has 2 heterocycles. The number of carbonyl (C=O) groups is 1. The van der Waals surface area contributed by atoms with Gasteiger partial charge in [-0.05, 0) is 85.8 Å². The summed E-state index contributed by atoms with van der Waals surface area (Å²) in [7, 11) is 0. The molecule has 0 unspecified atom stereocenters. The van der Waals surface area contributed by atoms with Gasteiger partial charge in [0.05, 0.1) is 11.5 Å². The van der Waals surface area contributed by atoms with E-state index >= 15 is 0 Å². The van der Waals surface area contributed by atoms with Gasteiger partial charge in [0, 0.05) is 5.41 Å². The second kappa shape index (κ2) is 6.22. The lowest BCUT2D eigenvalue weighted by atomic mass is 9.48. The molecule has 4 bridgehead atoms. The minimum absolute atomic E-state index is 0.0690. The highest BCUT2D eigenvalue weighted by molar-refractivity contribution is 8.00. The van der Waals surface area contributed by atoms with Crippen molar-refractivity contribution in [2.75, 3.05) is 0 Å². The minimum Gasteiger partial charge on any atom is -0.467 e. The average molecular weight is 372 g/mol. The molecule has 0 aliphatic heterocycles. The Morgan fingerprint density at radius 2 is 2.00 bits per heavy atom. The number of rotatable bonds is 6. The number of hydrogen-bond acceptors (Lipinski definition) is 6. The summed E-state index contributed by atoms with van der Waals surface area (Å²) in [6.07, 6.45) is 9.05. The second-order valence-corrected chi connectivity index (χ2v) is 9.83. The van der Waals surface area contributed by atoms with Gasteiger partial charge >= 0.3 is 0 Å². The van der Waals surface area contributed by atoms with Gasteiger partial charge in [-0.15, -0.1) is 5.10 Å². The van der Waals surface area contributed by atoms with Crippen molar-refractivity contribution in [2.45, 2.75) is 62.4 Å². The summed E-state index contributed by atoms with van der Waals surface area (Å²) in [6, 6.07) is 3.76. The van der Waals surface area contributed by atoms with E-state index in [1.807, 2.05) is 19.1 Å². The van der Waals surface area contributed by atoms with Crippen LogP contribution in [0.4, 0.5) is 0 Å². The van der Waals surface area contributed by atoms with Crippen molar-refractivity contribution >= 4 is 17.5 Å². The molecule has 138 valence electrons. The van der Waals surface area contributed by atoms with E-state index in [9.17, 15) is 4.79 Å². The second-order valence-electron chi connectivity index (χ2n) is 8.52.